The van der Waals surface area contributed by atoms with Crippen LogP contribution in [0.15, 0.2) is 84.9 Å². The molecule has 0 aromatic heterocycles. The fourth-order valence-electron chi connectivity index (χ4n) is 4.11. The average molecular weight is 411 g/mol. The number of fused-ring (bicyclic) bond motifs is 1. The smallest absolute Gasteiger partial charge is 0.127 e. The highest BCUT2D eigenvalue weighted by Crippen LogP contribution is 2.42. The lowest BCUT2D eigenvalue weighted by molar-refractivity contribution is 0.305. The second-order valence-electron chi connectivity index (χ2n) is 7.84. The summed E-state index contributed by atoms with van der Waals surface area (Å²) < 4.78 is 11.7. The van der Waals surface area contributed by atoms with Crippen molar-refractivity contribution in [3.63, 3.8) is 0 Å². The number of ether oxygens (including phenoxy) is 2. The Bertz CT molecular complexity index is 1120. The van der Waals surface area contributed by atoms with Gasteiger partial charge in [-0.2, -0.15) is 0 Å². The fraction of sp³-hybridized carbons (Fsp3) is 0.241. The van der Waals surface area contributed by atoms with E-state index < -0.39 is 0 Å². The van der Waals surface area contributed by atoms with Crippen molar-refractivity contribution in [2.75, 3.05) is 13.7 Å². The van der Waals surface area contributed by atoms with Gasteiger partial charge >= 0.3 is 0 Å². The average Bonchev–Trinajstić information content (AvgIpc) is 2.83. The highest BCUT2D eigenvalue weighted by Gasteiger charge is 2.15. The number of methoxy groups -OCH3 is 1. The summed E-state index contributed by atoms with van der Waals surface area (Å²) in [6, 6.07) is 29.6. The molecule has 0 fully saturated rings. The molecule has 0 saturated carbocycles. The number of rotatable bonds is 9. The van der Waals surface area contributed by atoms with Crippen LogP contribution in [0.25, 0.3) is 33.0 Å². The van der Waals surface area contributed by atoms with Gasteiger partial charge in [-0.25, -0.2) is 0 Å². The summed E-state index contributed by atoms with van der Waals surface area (Å²) in [5, 5.41) is 2.45. The first kappa shape index (κ1) is 21.0. The first-order chi connectivity index (χ1) is 15.3. The maximum absolute atomic E-state index is 5.94. The zero-order valence-electron chi connectivity index (χ0n) is 18.4. The lowest BCUT2D eigenvalue weighted by Crippen LogP contribution is -1.97. The Morgan fingerprint density at radius 3 is 2.23 bits per heavy atom. The van der Waals surface area contributed by atoms with E-state index in [1.54, 1.807) is 7.11 Å². The Morgan fingerprint density at radius 2 is 1.42 bits per heavy atom. The van der Waals surface area contributed by atoms with E-state index in [0.29, 0.717) is 0 Å². The molecule has 0 N–H and O–H groups in total. The molecule has 0 aliphatic heterocycles. The molecule has 0 saturated heterocycles. The van der Waals surface area contributed by atoms with Crippen LogP contribution in [-0.4, -0.2) is 13.7 Å². The molecule has 4 aromatic rings. The van der Waals surface area contributed by atoms with E-state index in [1.807, 2.05) is 6.07 Å². The molecule has 0 spiro atoms. The van der Waals surface area contributed by atoms with Crippen molar-refractivity contribution >= 4 is 10.8 Å². The topological polar surface area (TPSA) is 18.5 Å². The first-order valence-corrected chi connectivity index (χ1v) is 11.2. The van der Waals surface area contributed by atoms with E-state index in [4.69, 9.17) is 9.47 Å². The SMILES string of the molecule is CCCCCCOc1ccc(-c2cccc(OC)c2-c2cccc3ccccc23)cc1. The van der Waals surface area contributed by atoms with Crippen LogP contribution in [0.5, 0.6) is 11.5 Å². The van der Waals surface area contributed by atoms with Crippen LogP contribution in [0.1, 0.15) is 32.6 Å². The van der Waals surface area contributed by atoms with E-state index in [-0.39, 0.29) is 0 Å². The third-order valence-electron chi connectivity index (χ3n) is 5.74. The second-order valence-corrected chi connectivity index (χ2v) is 7.84. The zero-order valence-corrected chi connectivity index (χ0v) is 18.4. The van der Waals surface area contributed by atoms with Crippen molar-refractivity contribution in [2.24, 2.45) is 0 Å². The summed E-state index contributed by atoms with van der Waals surface area (Å²) in [6.07, 6.45) is 4.85. The van der Waals surface area contributed by atoms with Crippen LogP contribution in [0.3, 0.4) is 0 Å². The minimum atomic E-state index is 0.778. The van der Waals surface area contributed by atoms with E-state index in [0.717, 1.165) is 41.2 Å². The molecule has 0 aliphatic rings. The van der Waals surface area contributed by atoms with Crippen LogP contribution in [0.2, 0.25) is 0 Å². The quantitative estimate of drug-likeness (QED) is 0.259. The summed E-state index contributed by atoms with van der Waals surface area (Å²) in [6.45, 7) is 3.00. The molecule has 0 atom stereocenters. The van der Waals surface area contributed by atoms with Crippen molar-refractivity contribution in [1.82, 2.24) is 0 Å². The molecule has 0 radical (unpaired) electrons. The summed E-state index contributed by atoms with van der Waals surface area (Å²) >= 11 is 0. The second kappa shape index (κ2) is 10.2. The zero-order chi connectivity index (χ0) is 21.5. The molecule has 0 unspecified atom stereocenters. The summed E-state index contributed by atoms with van der Waals surface area (Å²) in [5.74, 6) is 1.81. The fourth-order valence-corrected chi connectivity index (χ4v) is 4.11. The van der Waals surface area contributed by atoms with Gasteiger partial charge in [-0.1, -0.05) is 92.9 Å². The first-order valence-electron chi connectivity index (χ1n) is 11.2. The van der Waals surface area contributed by atoms with Crippen LogP contribution in [0.4, 0.5) is 0 Å². The van der Waals surface area contributed by atoms with Gasteiger partial charge in [0.15, 0.2) is 0 Å². The van der Waals surface area contributed by atoms with Crippen molar-refractivity contribution < 1.29 is 9.47 Å². The molecule has 158 valence electrons. The van der Waals surface area contributed by atoms with E-state index in [1.165, 1.54) is 35.6 Å². The monoisotopic (exact) mass is 410 g/mol. The van der Waals surface area contributed by atoms with Crippen molar-refractivity contribution in [3.05, 3.63) is 84.9 Å². The summed E-state index contributed by atoms with van der Waals surface area (Å²) in [5.41, 5.74) is 4.61. The van der Waals surface area contributed by atoms with E-state index >= 15 is 0 Å². The third-order valence-corrected chi connectivity index (χ3v) is 5.74. The number of benzene rings is 4. The normalized spacial score (nSPS) is 10.9. The van der Waals surface area contributed by atoms with Crippen molar-refractivity contribution in [3.8, 4) is 33.8 Å². The highest BCUT2D eigenvalue weighted by atomic mass is 16.5. The molecule has 0 heterocycles. The van der Waals surface area contributed by atoms with Gasteiger partial charge in [-0.3, -0.25) is 0 Å². The summed E-state index contributed by atoms with van der Waals surface area (Å²) in [4.78, 5) is 0. The molecular weight excluding hydrogens is 380 g/mol. The molecular formula is C29H30O2. The van der Waals surface area contributed by atoms with Gasteiger partial charge in [-0.15, -0.1) is 0 Å². The van der Waals surface area contributed by atoms with E-state index in [2.05, 4.69) is 85.8 Å². The third kappa shape index (κ3) is 4.74. The number of unbranched alkanes of at least 4 members (excludes halogenated alkanes) is 3. The standard InChI is InChI=1S/C29H30O2/c1-3-4-5-8-21-31-24-19-17-23(18-20-24)26-14-10-16-28(30-2)29(26)27-15-9-12-22-11-6-7-13-25(22)27/h6-7,9-20H,3-5,8,21H2,1-2H3. The Morgan fingerprint density at radius 1 is 0.677 bits per heavy atom. The Kier molecular flexibility index (Phi) is 6.89. The predicted molar refractivity (Wildman–Crippen MR) is 131 cm³/mol. The van der Waals surface area contributed by atoms with Crippen molar-refractivity contribution in [1.29, 1.82) is 0 Å². The number of hydrogen-bond donors (Lipinski definition) is 0. The maximum atomic E-state index is 5.94. The molecule has 2 heteroatoms. The van der Waals surface area contributed by atoms with Crippen LogP contribution in [0, 0.1) is 0 Å². The van der Waals surface area contributed by atoms with Gasteiger partial charge < -0.3 is 9.47 Å². The minimum absolute atomic E-state index is 0.778. The Labute approximate surface area is 185 Å². The maximum Gasteiger partial charge on any atom is 0.127 e. The highest BCUT2D eigenvalue weighted by molar-refractivity contribution is 6.02. The van der Waals surface area contributed by atoms with Gasteiger partial charge in [0, 0.05) is 5.56 Å². The molecule has 0 amide bonds. The van der Waals surface area contributed by atoms with Gasteiger partial charge in [0.05, 0.1) is 13.7 Å². The summed E-state index contributed by atoms with van der Waals surface area (Å²) in [7, 11) is 1.74. The Balaban J connectivity index is 1.68. The minimum Gasteiger partial charge on any atom is -0.496 e. The predicted octanol–water partition coefficient (Wildman–Crippen LogP) is 8.14. The largest absolute Gasteiger partial charge is 0.496 e. The van der Waals surface area contributed by atoms with E-state index in [9.17, 15) is 0 Å². The van der Waals surface area contributed by atoms with Crippen LogP contribution < -0.4 is 9.47 Å². The molecule has 4 rings (SSSR count). The molecule has 0 aliphatic carbocycles. The molecule has 4 aromatic carbocycles. The van der Waals surface area contributed by atoms with Gasteiger partial charge in [0.1, 0.15) is 11.5 Å². The van der Waals surface area contributed by atoms with Gasteiger partial charge in [0.25, 0.3) is 0 Å². The molecule has 0 bridgehead atoms. The van der Waals surface area contributed by atoms with Crippen LogP contribution in [-0.2, 0) is 0 Å². The van der Waals surface area contributed by atoms with Crippen molar-refractivity contribution in [2.45, 2.75) is 32.6 Å². The lowest BCUT2D eigenvalue weighted by Gasteiger charge is -2.17. The molecule has 31 heavy (non-hydrogen) atoms. The van der Waals surface area contributed by atoms with Gasteiger partial charge in [0.2, 0.25) is 0 Å². The lowest BCUT2D eigenvalue weighted by atomic mass is 9.90. The van der Waals surface area contributed by atoms with Crippen LogP contribution >= 0.6 is 0 Å². The number of hydrogen-bond acceptors (Lipinski definition) is 2. The molecule has 2 nitrogen and oxygen atoms in total. The van der Waals surface area contributed by atoms with Gasteiger partial charge in [-0.05, 0) is 52.1 Å². The Hall–Kier alpha value is -3.26.